The van der Waals surface area contributed by atoms with Gasteiger partial charge < -0.3 is 10.6 Å². The molecule has 0 aliphatic carbocycles. The molecule has 0 radical (unpaired) electrons. The third-order valence-electron chi connectivity index (χ3n) is 3.04. The average molecular weight is 287 g/mol. The molecule has 1 amide bonds. The molecule has 0 saturated heterocycles. The number of pyridine rings is 1. The Balaban J connectivity index is 1.82. The SMILES string of the molecule is CCCNc1cnccc1C(=O)NCCCn1cccn1. The summed E-state index contributed by atoms with van der Waals surface area (Å²) >= 11 is 0. The number of rotatable bonds is 8. The molecule has 112 valence electrons. The van der Waals surface area contributed by atoms with Crippen molar-refractivity contribution in [2.75, 3.05) is 18.4 Å². The molecule has 2 aromatic rings. The molecule has 0 aromatic carbocycles. The first-order valence-corrected chi connectivity index (χ1v) is 7.24. The van der Waals surface area contributed by atoms with Crippen molar-refractivity contribution in [2.45, 2.75) is 26.3 Å². The first-order valence-electron chi connectivity index (χ1n) is 7.24. The summed E-state index contributed by atoms with van der Waals surface area (Å²) in [6.07, 6.45) is 8.83. The number of anilines is 1. The predicted octanol–water partition coefficient (Wildman–Crippen LogP) is 1.92. The van der Waals surface area contributed by atoms with E-state index in [1.807, 2.05) is 16.9 Å². The van der Waals surface area contributed by atoms with E-state index < -0.39 is 0 Å². The van der Waals surface area contributed by atoms with Gasteiger partial charge in [0.05, 0.1) is 17.4 Å². The summed E-state index contributed by atoms with van der Waals surface area (Å²) in [6, 6.07) is 3.63. The van der Waals surface area contributed by atoms with Crippen molar-refractivity contribution in [3.8, 4) is 0 Å². The van der Waals surface area contributed by atoms with Gasteiger partial charge in [-0.3, -0.25) is 14.5 Å². The zero-order chi connectivity index (χ0) is 14.9. The lowest BCUT2D eigenvalue weighted by atomic mass is 10.2. The van der Waals surface area contributed by atoms with Gasteiger partial charge in [0.1, 0.15) is 0 Å². The summed E-state index contributed by atoms with van der Waals surface area (Å²) in [4.78, 5) is 16.2. The zero-order valence-corrected chi connectivity index (χ0v) is 12.2. The molecule has 0 aliphatic rings. The summed E-state index contributed by atoms with van der Waals surface area (Å²) in [5.74, 6) is -0.0727. The molecule has 0 atom stereocenters. The third-order valence-corrected chi connectivity index (χ3v) is 3.04. The van der Waals surface area contributed by atoms with E-state index in [4.69, 9.17) is 0 Å². The van der Waals surface area contributed by atoms with Crippen LogP contribution >= 0.6 is 0 Å². The first-order chi connectivity index (χ1) is 10.3. The van der Waals surface area contributed by atoms with Gasteiger partial charge in [0.15, 0.2) is 0 Å². The second-order valence-corrected chi connectivity index (χ2v) is 4.73. The zero-order valence-electron chi connectivity index (χ0n) is 12.2. The van der Waals surface area contributed by atoms with Crippen molar-refractivity contribution in [1.29, 1.82) is 0 Å². The number of hydrogen-bond donors (Lipinski definition) is 2. The van der Waals surface area contributed by atoms with Gasteiger partial charge in [0.25, 0.3) is 5.91 Å². The van der Waals surface area contributed by atoms with Gasteiger partial charge in [-0.25, -0.2) is 0 Å². The van der Waals surface area contributed by atoms with E-state index >= 15 is 0 Å². The maximum absolute atomic E-state index is 12.2. The van der Waals surface area contributed by atoms with Crippen LogP contribution in [0.25, 0.3) is 0 Å². The molecule has 0 fully saturated rings. The monoisotopic (exact) mass is 287 g/mol. The number of hydrogen-bond acceptors (Lipinski definition) is 4. The summed E-state index contributed by atoms with van der Waals surface area (Å²) in [6.45, 7) is 4.32. The molecule has 6 heteroatoms. The van der Waals surface area contributed by atoms with Crippen LogP contribution in [0.4, 0.5) is 5.69 Å². The molecular weight excluding hydrogens is 266 g/mol. The lowest BCUT2D eigenvalue weighted by Crippen LogP contribution is -2.26. The molecule has 6 nitrogen and oxygen atoms in total. The van der Waals surface area contributed by atoms with E-state index in [1.165, 1.54) is 0 Å². The fraction of sp³-hybridized carbons (Fsp3) is 0.400. The standard InChI is InChI=1S/C15H21N5O/c1-2-6-17-14-12-16-9-5-13(14)15(21)18-7-3-10-20-11-4-8-19-20/h4-5,8-9,11-12,17H,2-3,6-7,10H2,1H3,(H,18,21). The van der Waals surface area contributed by atoms with Crippen molar-refractivity contribution in [3.05, 3.63) is 42.5 Å². The van der Waals surface area contributed by atoms with Crippen LogP contribution in [0.2, 0.25) is 0 Å². The molecule has 2 heterocycles. The van der Waals surface area contributed by atoms with Crippen LogP contribution < -0.4 is 10.6 Å². The van der Waals surface area contributed by atoms with Gasteiger partial charge in [-0.05, 0) is 25.0 Å². The fourth-order valence-corrected chi connectivity index (χ4v) is 1.96. The highest BCUT2D eigenvalue weighted by Crippen LogP contribution is 2.13. The highest BCUT2D eigenvalue weighted by Gasteiger charge is 2.10. The Hall–Kier alpha value is -2.37. The Morgan fingerprint density at radius 3 is 3.00 bits per heavy atom. The predicted molar refractivity (Wildman–Crippen MR) is 82.2 cm³/mol. The van der Waals surface area contributed by atoms with Gasteiger partial charge in [-0.1, -0.05) is 6.92 Å². The van der Waals surface area contributed by atoms with Crippen molar-refractivity contribution >= 4 is 11.6 Å². The number of carbonyl (C=O) groups is 1. The van der Waals surface area contributed by atoms with Crippen LogP contribution in [0.5, 0.6) is 0 Å². The third kappa shape index (κ3) is 4.59. The van der Waals surface area contributed by atoms with E-state index in [2.05, 4.69) is 27.6 Å². The summed E-state index contributed by atoms with van der Waals surface area (Å²) < 4.78 is 1.85. The molecule has 0 aliphatic heterocycles. The molecule has 2 aromatic heterocycles. The minimum absolute atomic E-state index is 0.0727. The van der Waals surface area contributed by atoms with Crippen LogP contribution in [0.15, 0.2) is 36.9 Å². The molecule has 0 unspecified atom stereocenters. The van der Waals surface area contributed by atoms with Crippen LogP contribution in [-0.2, 0) is 6.54 Å². The first kappa shape index (κ1) is 15.0. The van der Waals surface area contributed by atoms with Crippen molar-refractivity contribution in [2.24, 2.45) is 0 Å². The highest BCUT2D eigenvalue weighted by molar-refractivity contribution is 5.99. The van der Waals surface area contributed by atoms with Crippen molar-refractivity contribution < 1.29 is 4.79 Å². The van der Waals surface area contributed by atoms with E-state index in [9.17, 15) is 4.79 Å². The minimum Gasteiger partial charge on any atom is -0.383 e. The van der Waals surface area contributed by atoms with Crippen molar-refractivity contribution in [1.82, 2.24) is 20.1 Å². The number of aromatic nitrogens is 3. The van der Waals surface area contributed by atoms with Crippen LogP contribution in [0.3, 0.4) is 0 Å². The molecule has 2 N–H and O–H groups in total. The normalized spacial score (nSPS) is 10.3. The minimum atomic E-state index is -0.0727. The Bertz CT molecular complexity index is 553. The maximum Gasteiger partial charge on any atom is 0.253 e. The van der Waals surface area contributed by atoms with Crippen LogP contribution in [0, 0.1) is 0 Å². The van der Waals surface area contributed by atoms with E-state index in [-0.39, 0.29) is 5.91 Å². The topological polar surface area (TPSA) is 71.8 Å². The Labute approximate surface area is 124 Å². The van der Waals surface area contributed by atoms with E-state index in [1.54, 1.807) is 24.7 Å². The second kappa shape index (κ2) is 8.04. The number of nitrogens with one attached hydrogen (secondary N) is 2. The smallest absolute Gasteiger partial charge is 0.253 e. The molecular formula is C15H21N5O. The van der Waals surface area contributed by atoms with Gasteiger partial charge >= 0.3 is 0 Å². The molecule has 2 rings (SSSR count). The van der Waals surface area contributed by atoms with Crippen molar-refractivity contribution in [3.63, 3.8) is 0 Å². The lowest BCUT2D eigenvalue weighted by Gasteiger charge is -2.11. The second-order valence-electron chi connectivity index (χ2n) is 4.73. The fourth-order valence-electron chi connectivity index (χ4n) is 1.96. The summed E-state index contributed by atoms with van der Waals surface area (Å²) in [5.41, 5.74) is 1.42. The number of amides is 1. The quantitative estimate of drug-likeness (QED) is 0.728. The average Bonchev–Trinajstić information content (AvgIpc) is 3.03. The van der Waals surface area contributed by atoms with Gasteiger partial charge in [-0.15, -0.1) is 0 Å². The van der Waals surface area contributed by atoms with Crippen LogP contribution in [-0.4, -0.2) is 33.8 Å². The molecule has 21 heavy (non-hydrogen) atoms. The lowest BCUT2D eigenvalue weighted by molar-refractivity contribution is 0.0953. The van der Waals surface area contributed by atoms with Crippen LogP contribution in [0.1, 0.15) is 30.1 Å². The van der Waals surface area contributed by atoms with E-state index in [0.29, 0.717) is 12.1 Å². The van der Waals surface area contributed by atoms with Gasteiger partial charge in [0.2, 0.25) is 0 Å². The molecule has 0 spiro atoms. The maximum atomic E-state index is 12.2. The Kier molecular flexibility index (Phi) is 5.75. The molecule has 0 saturated carbocycles. The highest BCUT2D eigenvalue weighted by atomic mass is 16.1. The number of aryl methyl sites for hydroxylation is 1. The largest absolute Gasteiger partial charge is 0.383 e. The Morgan fingerprint density at radius 1 is 1.33 bits per heavy atom. The van der Waals surface area contributed by atoms with Gasteiger partial charge in [-0.2, -0.15) is 5.10 Å². The molecule has 0 bridgehead atoms. The number of nitrogens with zero attached hydrogens (tertiary/aromatic N) is 3. The number of carbonyl (C=O) groups excluding carboxylic acids is 1. The van der Waals surface area contributed by atoms with Gasteiger partial charge in [0, 0.05) is 38.2 Å². The summed E-state index contributed by atoms with van der Waals surface area (Å²) in [7, 11) is 0. The van der Waals surface area contributed by atoms with E-state index in [0.717, 1.165) is 31.6 Å². The Morgan fingerprint density at radius 2 is 2.24 bits per heavy atom. The summed E-state index contributed by atoms with van der Waals surface area (Å²) in [5, 5.41) is 10.3.